The van der Waals surface area contributed by atoms with Gasteiger partial charge in [0.15, 0.2) is 0 Å². The number of carbonyl (C=O) groups is 2. The van der Waals surface area contributed by atoms with Crippen LogP contribution in [0.5, 0.6) is 0 Å². The summed E-state index contributed by atoms with van der Waals surface area (Å²) in [6, 6.07) is 15.4. The largest absolute Gasteiger partial charge is 0.480 e. The fraction of sp³-hybridized carbons (Fsp3) is 0.391. The van der Waals surface area contributed by atoms with Gasteiger partial charge in [0.1, 0.15) is 12.6 Å². The summed E-state index contributed by atoms with van der Waals surface area (Å²) < 4.78 is 5.57. The maximum absolute atomic E-state index is 12.6. The van der Waals surface area contributed by atoms with Crippen LogP contribution in [-0.2, 0) is 9.53 Å². The van der Waals surface area contributed by atoms with Gasteiger partial charge in [0.2, 0.25) is 0 Å². The standard InChI is InChI=1S/C23H27NO4/c1-4-15(2)13-21(22(25)26)24(3)23(27)28-14-20-18-11-7-5-9-16(18)17-10-6-8-12-19(17)20/h5-12,15,20-21H,4,13-14H2,1-3H3,(H,25,26)/t15-,21-/m0/s1. The quantitative estimate of drug-likeness (QED) is 0.751. The number of benzene rings is 2. The molecule has 1 aliphatic carbocycles. The molecule has 0 radical (unpaired) electrons. The van der Waals surface area contributed by atoms with Crippen molar-refractivity contribution in [1.82, 2.24) is 4.90 Å². The number of carboxylic acids is 1. The zero-order valence-electron chi connectivity index (χ0n) is 16.6. The number of aliphatic carboxylic acids is 1. The van der Waals surface area contributed by atoms with Crippen molar-refractivity contribution < 1.29 is 19.4 Å². The van der Waals surface area contributed by atoms with Crippen molar-refractivity contribution in [3.05, 3.63) is 59.7 Å². The van der Waals surface area contributed by atoms with Crippen LogP contribution in [0.4, 0.5) is 4.79 Å². The molecule has 1 amide bonds. The topological polar surface area (TPSA) is 66.8 Å². The molecule has 0 unspecified atom stereocenters. The van der Waals surface area contributed by atoms with Crippen LogP contribution in [0, 0.1) is 5.92 Å². The molecule has 28 heavy (non-hydrogen) atoms. The second-order valence-corrected chi connectivity index (χ2v) is 7.52. The minimum atomic E-state index is -1.00. The van der Waals surface area contributed by atoms with Gasteiger partial charge in [-0.25, -0.2) is 9.59 Å². The van der Waals surface area contributed by atoms with E-state index in [0.29, 0.717) is 6.42 Å². The summed E-state index contributed by atoms with van der Waals surface area (Å²) in [6.07, 6.45) is 0.673. The molecule has 1 aliphatic rings. The molecule has 2 aromatic rings. The lowest BCUT2D eigenvalue weighted by Crippen LogP contribution is -2.43. The molecule has 3 rings (SSSR count). The SMILES string of the molecule is CC[C@H](C)C[C@@H](C(=O)O)N(C)C(=O)OCC1c2ccccc2-c2ccccc21. The minimum absolute atomic E-state index is 0.0393. The number of rotatable bonds is 7. The Hall–Kier alpha value is -2.82. The highest BCUT2D eigenvalue weighted by molar-refractivity contribution is 5.81. The van der Waals surface area contributed by atoms with Gasteiger partial charge in [-0.3, -0.25) is 4.90 Å². The van der Waals surface area contributed by atoms with Crippen LogP contribution in [0.15, 0.2) is 48.5 Å². The molecule has 1 N–H and O–H groups in total. The van der Waals surface area contributed by atoms with Crippen molar-refractivity contribution in [3.63, 3.8) is 0 Å². The molecule has 0 fully saturated rings. The van der Waals surface area contributed by atoms with Crippen LogP contribution < -0.4 is 0 Å². The van der Waals surface area contributed by atoms with Crippen LogP contribution in [0.25, 0.3) is 11.1 Å². The van der Waals surface area contributed by atoms with Crippen LogP contribution in [0.2, 0.25) is 0 Å². The molecular weight excluding hydrogens is 354 g/mol. The predicted molar refractivity (Wildman–Crippen MR) is 108 cm³/mol. The summed E-state index contributed by atoms with van der Waals surface area (Å²) >= 11 is 0. The Balaban J connectivity index is 1.73. The van der Waals surface area contributed by atoms with E-state index in [2.05, 4.69) is 24.3 Å². The third kappa shape index (κ3) is 3.88. The molecule has 5 heteroatoms. The Labute approximate surface area is 165 Å². The molecule has 0 aliphatic heterocycles. The van der Waals surface area contributed by atoms with Crippen molar-refractivity contribution >= 4 is 12.1 Å². The number of fused-ring (bicyclic) bond motifs is 3. The van der Waals surface area contributed by atoms with Gasteiger partial charge >= 0.3 is 12.1 Å². The van der Waals surface area contributed by atoms with Crippen LogP contribution in [-0.4, -0.2) is 41.8 Å². The summed E-state index contributed by atoms with van der Waals surface area (Å²) in [6.45, 7) is 4.19. The van der Waals surface area contributed by atoms with E-state index in [1.54, 1.807) is 0 Å². The van der Waals surface area contributed by atoms with E-state index in [1.165, 1.54) is 11.9 Å². The maximum Gasteiger partial charge on any atom is 0.410 e. The van der Waals surface area contributed by atoms with Crippen molar-refractivity contribution in [2.45, 2.75) is 38.6 Å². The first-order chi connectivity index (χ1) is 13.4. The number of nitrogens with zero attached hydrogens (tertiary/aromatic N) is 1. The minimum Gasteiger partial charge on any atom is -0.480 e. The molecule has 0 saturated carbocycles. The van der Waals surface area contributed by atoms with E-state index in [4.69, 9.17) is 4.74 Å². The fourth-order valence-corrected chi connectivity index (χ4v) is 3.80. The molecule has 0 spiro atoms. The first-order valence-corrected chi connectivity index (χ1v) is 9.74. The highest BCUT2D eigenvalue weighted by atomic mass is 16.6. The van der Waals surface area contributed by atoms with Gasteiger partial charge in [-0.2, -0.15) is 0 Å². The molecule has 0 aromatic heterocycles. The van der Waals surface area contributed by atoms with Crippen molar-refractivity contribution in [2.75, 3.05) is 13.7 Å². The van der Waals surface area contributed by atoms with Gasteiger partial charge in [-0.1, -0.05) is 68.8 Å². The zero-order valence-corrected chi connectivity index (χ0v) is 16.6. The van der Waals surface area contributed by atoms with Crippen LogP contribution >= 0.6 is 0 Å². The number of carbonyl (C=O) groups excluding carboxylic acids is 1. The van der Waals surface area contributed by atoms with Gasteiger partial charge in [0, 0.05) is 13.0 Å². The Morgan fingerprint density at radius 2 is 1.61 bits per heavy atom. The molecule has 5 nitrogen and oxygen atoms in total. The van der Waals surface area contributed by atoms with Crippen molar-refractivity contribution in [1.29, 1.82) is 0 Å². The fourth-order valence-electron chi connectivity index (χ4n) is 3.80. The van der Waals surface area contributed by atoms with E-state index in [0.717, 1.165) is 28.7 Å². The molecule has 2 aromatic carbocycles. The monoisotopic (exact) mass is 381 g/mol. The van der Waals surface area contributed by atoms with Crippen molar-refractivity contribution in [2.24, 2.45) is 5.92 Å². The lowest BCUT2D eigenvalue weighted by molar-refractivity contribution is -0.142. The van der Waals surface area contributed by atoms with Gasteiger partial charge in [0.25, 0.3) is 0 Å². The van der Waals surface area contributed by atoms with E-state index in [-0.39, 0.29) is 18.4 Å². The summed E-state index contributed by atoms with van der Waals surface area (Å²) in [5.41, 5.74) is 4.59. The smallest absolute Gasteiger partial charge is 0.410 e. The number of likely N-dealkylation sites (N-methyl/N-ethyl adjacent to an activating group) is 1. The van der Waals surface area contributed by atoms with E-state index >= 15 is 0 Å². The first-order valence-electron chi connectivity index (χ1n) is 9.74. The van der Waals surface area contributed by atoms with Crippen LogP contribution in [0.1, 0.15) is 43.7 Å². The Bertz CT molecular complexity index is 818. The maximum atomic E-state index is 12.6. The second-order valence-electron chi connectivity index (χ2n) is 7.52. The molecule has 0 saturated heterocycles. The predicted octanol–water partition coefficient (Wildman–Crippen LogP) is 4.76. The van der Waals surface area contributed by atoms with Gasteiger partial charge in [0.05, 0.1) is 0 Å². The third-order valence-corrected chi connectivity index (χ3v) is 5.70. The molecule has 0 bridgehead atoms. The third-order valence-electron chi connectivity index (χ3n) is 5.70. The highest BCUT2D eigenvalue weighted by Gasteiger charge is 2.32. The van der Waals surface area contributed by atoms with Gasteiger partial charge < -0.3 is 9.84 Å². The number of carboxylic acid groups (broad SMARTS) is 1. The summed E-state index contributed by atoms with van der Waals surface area (Å²) in [5.74, 6) is -0.830. The van der Waals surface area contributed by atoms with Gasteiger partial charge in [-0.05, 0) is 34.6 Å². The Morgan fingerprint density at radius 3 is 2.11 bits per heavy atom. The molecule has 0 heterocycles. The molecular formula is C23H27NO4. The number of hydrogen-bond acceptors (Lipinski definition) is 3. The van der Waals surface area contributed by atoms with E-state index in [9.17, 15) is 14.7 Å². The Kier molecular flexibility index (Phi) is 6.02. The molecule has 2 atom stereocenters. The first kappa shape index (κ1) is 19.9. The second kappa shape index (κ2) is 8.46. The number of ether oxygens (including phenoxy) is 1. The summed E-state index contributed by atoms with van der Waals surface area (Å²) in [5, 5.41) is 9.53. The van der Waals surface area contributed by atoms with E-state index < -0.39 is 18.1 Å². The van der Waals surface area contributed by atoms with Crippen molar-refractivity contribution in [3.8, 4) is 11.1 Å². The lowest BCUT2D eigenvalue weighted by Gasteiger charge is -2.27. The normalized spacial score (nSPS) is 14.7. The highest BCUT2D eigenvalue weighted by Crippen LogP contribution is 2.44. The van der Waals surface area contributed by atoms with Gasteiger partial charge in [-0.15, -0.1) is 0 Å². The summed E-state index contributed by atoms with van der Waals surface area (Å²) in [4.78, 5) is 25.4. The zero-order chi connectivity index (χ0) is 20.3. The van der Waals surface area contributed by atoms with E-state index in [1.807, 2.05) is 38.1 Å². The lowest BCUT2D eigenvalue weighted by atomic mass is 9.98. The number of hydrogen-bond donors (Lipinski definition) is 1. The number of amides is 1. The average molecular weight is 381 g/mol. The molecule has 148 valence electrons. The van der Waals surface area contributed by atoms with Crippen LogP contribution in [0.3, 0.4) is 0 Å². The summed E-state index contributed by atoms with van der Waals surface area (Å²) in [7, 11) is 1.50. The Morgan fingerprint density at radius 1 is 1.07 bits per heavy atom. The average Bonchev–Trinajstić information content (AvgIpc) is 3.03.